The molecule has 2 unspecified atom stereocenters. The summed E-state index contributed by atoms with van der Waals surface area (Å²) < 4.78 is 11.7. The van der Waals surface area contributed by atoms with E-state index in [1.165, 1.54) is 0 Å². The molecule has 1 aromatic heterocycles. The summed E-state index contributed by atoms with van der Waals surface area (Å²) in [5.41, 5.74) is 6.92. The van der Waals surface area contributed by atoms with Gasteiger partial charge in [0.15, 0.2) is 17.6 Å². The predicted molar refractivity (Wildman–Crippen MR) is 74.8 cm³/mol. The Bertz CT molecular complexity index is 595. The van der Waals surface area contributed by atoms with Crippen LogP contribution < -0.4 is 15.2 Å². The summed E-state index contributed by atoms with van der Waals surface area (Å²) in [5, 5.41) is 0.930. The number of hydrogen-bond acceptors (Lipinski definition) is 5. The van der Waals surface area contributed by atoms with Gasteiger partial charge < -0.3 is 15.2 Å². The quantitative estimate of drug-likeness (QED) is 0.916. The van der Waals surface area contributed by atoms with E-state index in [9.17, 15) is 0 Å². The van der Waals surface area contributed by atoms with E-state index in [4.69, 9.17) is 15.2 Å². The Balaban J connectivity index is 1.87. The molecule has 0 amide bonds. The fourth-order valence-corrected chi connectivity index (χ4v) is 3.17. The maximum absolute atomic E-state index is 5.95. The minimum Gasteiger partial charge on any atom is -0.485 e. The largest absolute Gasteiger partial charge is 0.485 e. The average Bonchev–Trinajstić information content (AvgIpc) is 2.80. The molecule has 0 radical (unpaired) electrons. The summed E-state index contributed by atoms with van der Waals surface area (Å²) in [6.45, 7) is 4.44. The standard InChI is InChI=1S/C14H16N2O2S/c1-8(15)13-9(2)16-14(19-13)12-7-17-10-5-3-4-6-11(10)18-12/h3-6,8,12H,7,15H2,1-2H3. The van der Waals surface area contributed by atoms with Crippen molar-refractivity contribution in [1.82, 2.24) is 4.98 Å². The predicted octanol–water partition coefficient (Wildman–Crippen LogP) is 2.98. The Kier molecular flexibility index (Phi) is 3.16. The molecule has 2 heterocycles. The summed E-state index contributed by atoms with van der Waals surface area (Å²) in [6.07, 6.45) is -0.147. The Hall–Kier alpha value is -1.59. The highest BCUT2D eigenvalue weighted by Crippen LogP contribution is 2.38. The van der Waals surface area contributed by atoms with E-state index in [-0.39, 0.29) is 12.1 Å². The SMILES string of the molecule is Cc1nc(C2COc3ccccc3O2)sc1C(C)N. The number of benzene rings is 1. The maximum atomic E-state index is 5.95. The van der Waals surface area contributed by atoms with Gasteiger partial charge in [0.05, 0.1) is 5.69 Å². The van der Waals surface area contributed by atoms with Crippen molar-refractivity contribution in [3.05, 3.63) is 39.8 Å². The molecule has 3 rings (SSSR count). The molecule has 1 aliphatic rings. The van der Waals surface area contributed by atoms with Crippen LogP contribution in [-0.2, 0) is 0 Å². The lowest BCUT2D eigenvalue weighted by Crippen LogP contribution is -2.21. The highest BCUT2D eigenvalue weighted by atomic mass is 32.1. The van der Waals surface area contributed by atoms with Crippen molar-refractivity contribution in [3.8, 4) is 11.5 Å². The lowest BCUT2D eigenvalue weighted by molar-refractivity contribution is 0.0910. The topological polar surface area (TPSA) is 57.4 Å². The van der Waals surface area contributed by atoms with Crippen molar-refractivity contribution < 1.29 is 9.47 Å². The van der Waals surface area contributed by atoms with Gasteiger partial charge in [-0.3, -0.25) is 0 Å². The monoisotopic (exact) mass is 276 g/mol. The first-order valence-corrected chi connectivity index (χ1v) is 7.08. The Morgan fingerprint density at radius 3 is 2.79 bits per heavy atom. The number of aromatic nitrogens is 1. The van der Waals surface area contributed by atoms with Gasteiger partial charge in [-0.15, -0.1) is 11.3 Å². The van der Waals surface area contributed by atoms with E-state index < -0.39 is 0 Å². The van der Waals surface area contributed by atoms with Crippen molar-refractivity contribution in [2.24, 2.45) is 5.73 Å². The number of hydrogen-bond donors (Lipinski definition) is 1. The van der Waals surface area contributed by atoms with Gasteiger partial charge in [-0.1, -0.05) is 12.1 Å². The van der Waals surface area contributed by atoms with E-state index in [0.717, 1.165) is 27.1 Å². The Morgan fingerprint density at radius 2 is 2.11 bits per heavy atom. The summed E-state index contributed by atoms with van der Waals surface area (Å²) >= 11 is 1.61. The smallest absolute Gasteiger partial charge is 0.184 e. The van der Waals surface area contributed by atoms with E-state index in [2.05, 4.69) is 4.98 Å². The minimum atomic E-state index is -0.147. The van der Waals surface area contributed by atoms with Crippen molar-refractivity contribution >= 4 is 11.3 Å². The Morgan fingerprint density at radius 1 is 1.37 bits per heavy atom. The van der Waals surface area contributed by atoms with E-state index in [1.807, 2.05) is 38.1 Å². The molecule has 5 heteroatoms. The molecule has 0 aliphatic carbocycles. The number of para-hydroxylation sites is 2. The van der Waals surface area contributed by atoms with E-state index >= 15 is 0 Å². The van der Waals surface area contributed by atoms with Gasteiger partial charge in [0.2, 0.25) is 0 Å². The molecule has 0 saturated heterocycles. The normalized spacial score (nSPS) is 19.2. The van der Waals surface area contributed by atoms with Crippen molar-refractivity contribution in [1.29, 1.82) is 0 Å². The molecule has 1 aliphatic heterocycles. The van der Waals surface area contributed by atoms with Crippen molar-refractivity contribution in [2.45, 2.75) is 26.0 Å². The summed E-state index contributed by atoms with van der Waals surface area (Å²) in [6, 6.07) is 7.69. The molecule has 100 valence electrons. The molecule has 0 fully saturated rings. The summed E-state index contributed by atoms with van der Waals surface area (Å²) in [7, 11) is 0. The fourth-order valence-electron chi connectivity index (χ4n) is 2.13. The molecule has 1 aromatic carbocycles. The first-order valence-electron chi connectivity index (χ1n) is 6.26. The highest BCUT2D eigenvalue weighted by Gasteiger charge is 2.26. The lowest BCUT2D eigenvalue weighted by atomic mass is 10.2. The second-order valence-corrected chi connectivity index (χ2v) is 5.72. The minimum absolute atomic E-state index is 0.00282. The zero-order valence-electron chi connectivity index (χ0n) is 10.9. The van der Waals surface area contributed by atoms with Crippen LogP contribution in [0.5, 0.6) is 11.5 Å². The van der Waals surface area contributed by atoms with Gasteiger partial charge in [-0.2, -0.15) is 0 Å². The van der Waals surface area contributed by atoms with Crippen LogP contribution >= 0.6 is 11.3 Å². The third-order valence-electron chi connectivity index (χ3n) is 3.05. The number of rotatable bonds is 2. The first kappa shape index (κ1) is 12.4. The van der Waals surface area contributed by atoms with Gasteiger partial charge in [0.25, 0.3) is 0 Å². The van der Waals surface area contributed by atoms with E-state index in [1.54, 1.807) is 11.3 Å². The van der Waals surface area contributed by atoms with Crippen LogP contribution in [0.15, 0.2) is 24.3 Å². The average molecular weight is 276 g/mol. The second kappa shape index (κ2) is 4.83. The zero-order chi connectivity index (χ0) is 13.4. The maximum Gasteiger partial charge on any atom is 0.184 e. The second-order valence-electron chi connectivity index (χ2n) is 4.65. The van der Waals surface area contributed by atoms with Gasteiger partial charge >= 0.3 is 0 Å². The third kappa shape index (κ3) is 2.31. The number of ether oxygens (including phenoxy) is 2. The van der Waals surface area contributed by atoms with Gasteiger partial charge in [0.1, 0.15) is 11.6 Å². The number of thiazole rings is 1. The van der Waals surface area contributed by atoms with Crippen LogP contribution in [0.25, 0.3) is 0 Å². The molecule has 0 bridgehead atoms. The molecule has 2 aromatic rings. The van der Waals surface area contributed by atoms with Crippen molar-refractivity contribution in [3.63, 3.8) is 0 Å². The molecule has 4 nitrogen and oxygen atoms in total. The van der Waals surface area contributed by atoms with Crippen LogP contribution in [0.3, 0.4) is 0 Å². The molecule has 19 heavy (non-hydrogen) atoms. The third-order valence-corrected chi connectivity index (χ3v) is 4.50. The van der Waals surface area contributed by atoms with Gasteiger partial charge in [0, 0.05) is 10.9 Å². The van der Waals surface area contributed by atoms with Crippen LogP contribution in [0, 0.1) is 6.92 Å². The van der Waals surface area contributed by atoms with Gasteiger partial charge in [-0.25, -0.2) is 4.98 Å². The van der Waals surface area contributed by atoms with Crippen LogP contribution in [0.1, 0.15) is 34.6 Å². The molecule has 0 spiro atoms. The molecule has 2 atom stereocenters. The van der Waals surface area contributed by atoms with Crippen LogP contribution in [0.4, 0.5) is 0 Å². The van der Waals surface area contributed by atoms with Gasteiger partial charge in [-0.05, 0) is 26.0 Å². The molecular weight excluding hydrogens is 260 g/mol. The number of fused-ring (bicyclic) bond motifs is 1. The van der Waals surface area contributed by atoms with Crippen molar-refractivity contribution in [2.75, 3.05) is 6.61 Å². The molecule has 0 saturated carbocycles. The molecular formula is C14H16N2O2S. The van der Waals surface area contributed by atoms with Crippen LogP contribution in [-0.4, -0.2) is 11.6 Å². The summed E-state index contributed by atoms with van der Waals surface area (Å²) in [5.74, 6) is 1.56. The number of nitrogens with zero attached hydrogens (tertiary/aromatic N) is 1. The first-order chi connectivity index (χ1) is 9.15. The lowest BCUT2D eigenvalue weighted by Gasteiger charge is -2.24. The summed E-state index contributed by atoms with van der Waals surface area (Å²) in [4.78, 5) is 5.67. The molecule has 2 N–H and O–H groups in total. The zero-order valence-corrected chi connectivity index (χ0v) is 11.7. The van der Waals surface area contributed by atoms with E-state index in [0.29, 0.717) is 6.61 Å². The number of nitrogens with two attached hydrogens (primary N) is 1. The highest BCUT2D eigenvalue weighted by molar-refractivity contribution is 7.11. The fraction of sp³-hybridized carbons (Fsp3) is 0.357. The number of aryl methyl sites for hydroxylation is 1. The Labute approximate surface area is 116 Å². The van der Waals surface area contributed by atoms with Crippen LogP contribution in [0.2, 0.25) is 0 Å².